The van der Waals surface area contributed by atoms with Gasteiger partial charge in [0.1, 0.15) is 5.75 Å². The predicted octanol–water partition coefficient (Wildman–Crippen LogP) is 5.05. The Balaban J connectivity index is 1.29. The molecule has 7 nitrogen and oxygen atoms in total. The number of hydrogen-bond donors (Lipinski definition) is 1. The van der Waals surface area contributed by atoms with E-state index in [4.69, 9.17) is 16.3 Å². The maximum atomic E-state index is 14.1. The second kappa shape index (κ2) is 12.7. The summed E-state index contributed by atoms with van der Waals surface area (Å²) < 4.78 is 33.3. The zero-order valence-corrected chi connectivity index (χ0v) is 24.0. The summed E-state index contributed by atoms with van der Waals surface area (Å²) in [7, 11) is 4.80. The molecule has 2 aromatic carbocycles. The molecule has 1 atom stereocenters. The summed E-state index contributed by atoms with van der Waals surface area (Å²) in [5.41, 5.74) is -1.57. The minimum absolute atomic E-state index is 0.123. The molecule has 2 fully saturated rings. The predicted molar refractivity (Wildman–Crippen MR) is 151 cm³/mol. The van der Waals surface area contributed by atoms with E-state index in [0.717, 1.165) is 50.9 Å². The number of nitrogens with zero attached hydrogens (tertiary/aromatic N) is 3. The minimum Gasteiger partial charge on any atom is -0.497 e. The van der Waals surface area contributed by atoms with Gasteiger partial charge in [-0.05, 0) is 74.3 Å². The Labute approximate surface area is 239 Å². The van der Waals surface area contributed by atoms with Gasteiger partial charge < -0.3 is 24.5 Å². The lowest BCUT2D eigenvalue weighted by Crippen LogP contribution is -2.53. The van der Waals surface area contributed by atoms with Gasteiger partial charge in [-0.3, -0.25) is 9.59 Å². The molecule has 1 unspecified atom stereocenters. The van der Waals surface area contributed by atoms with Crippen LogP contribution in [0, 0.1) is 11.8 Å². The molecule has 0 aliphatic carbocycles. The molecule has 4 rings (SSSR count). The van der Waals surface area contributed by atoms with E-state index in [0.29, 0.717) is 41.3 Å². The van der Waals surface area contributed by atoms with Crippen molar-refractivity contribution in [3.05, 3.63) is 58.6 Å². The second-order valence-electron chi connectivity index (χ2n) is 11.1. The number of alkyl halides is 2. The molecule has 2 amide bonds. The number of benzene rings is 2. The van der Waals surface area contributed by atoms with E-state index in [-0.39, 0.29) is 11.5 Å². The van der Waals surface area contributed by atoms with Crippen molar-refractivity contribution in [1.82, 2.24) is 9.80 Å². The fourth-order valence-electron chi connectivity index (χ4n) is 5.83. The average Bonchev–Trinajstić information content (AvgIpc) is 2.96. The average molecular weight is 578 g/mol. The van der Waals surface area contributed by atoms with Crippen molar-refractivity contribution < 1.29 is 28.2 Å². The van der Waals surface area contributed by atoms with Crippen LogP contribution in [0.15, 0.2) is 42.5 Å². The van der Waals surface area contributed by atoms with Gasteiger partial charge in [0, 0.05) is 51.5 Å². The molecule has 2 aliphatic heterocycles. The lowest BCUT2D eigenvalue weighted by atomic mass is 9.82. The number of aliphatic hydroxyl groups is 1. The van der Waals surface area contributed by atoms with E-state index < -0.39 is 17.9 Å². The van der Waals surface area contributed by atoms with E-state index in [2.05, 4.69) is 4.90 Å². The van der Waals surface area contributed by atoms with Gasteiger partial charge in [-0.25, -0.2) is 8.78 Å². The zero-order valence-electron chi connectivity index (χ0n) is 23.3. The molecule has 2 aliphatic rings. The van der Waals surface area contributed by atoms with E-state index in [1.807, 2.05) is 12.1 Å². The molecule has 2 aromatic rings. The largest absolute Gasteiger partial charge is 0.497 e. The second-order valence-corrected chi connectivity index (χ2v) is 11.5. The third-order valence-electron chi connectivity index (χ3n) is 8.29. The molecule has 0 bridgehead atoms. The van der Waals surface area contributed by atoms with Crippen molar-refractivity contribution in [3.63, 3.8) is 0 Å². The molecule has 2 saturated heterocycles. The van der Waals surface area contributed by atoms with Gasteiger partial charge >= 0.3 is 0 Å². The molecular weight excluding hydrogens is 540 g/mol. The van der Waals surface area contributed by atoms with Crippen LogP contribution < -0.4 is 9.64 Å². The number of halogens is 3. The number of hydrogen-bond acceptors (Lipinski definition) is 5. The quantitative estimate of drug-likeness (QED) is 0.475. The van der Waals surface area contributed by atoms with E-state index in [9.17, 15) is 23.5 Å². The highest BCUT2D eigenvalue weighted by molar-refractivity contribution is 6.34. The molecule has 0 radical (unpaired) electrons. The number of amides is 2. The first kappa shape index (κ1) is 30.1. The van der Waals surface area contributed by atoms with Crippen LogP contribution in [-0.2, 0) is 10.4 Å². The summed E-state index contributed by atoms with van der Waals surface area (Å²) in [6.07, 6.45) is 1.25. The number of likely N-dealkylation sites (tertiary alicyclic amines) is 1. The number of piperidine rings is 2. The third kappa shape index (κ3) is 6.36. The number of carbonyl (C=O) groups excluding carboxylic acids is 2. The summed E-state index contributed by atoms with van der Waals surface area (Å²) in [6, 6.07) is 11.3. The zero-order chi connectivity index (χ0) is 29.0. The molecule has 0 saturated carbocycles. The monoisotopic (exact) mass is 577 g/mol. The Bertz CT molecular complexity index is 1200. The smallest absolute Gasteiger partial charge is 0.280 e. The van der Waals surface area contributed by atoms with Crippen LogP contribution in [0.2, 0.25) is 5.02 Å². The van der Waals surface area contributed by atoms with Crippen molar-refractivity contribution in [2.24, 2.45) is 11.8 Å². The number of ether oxygens (including phenoxy) is 1. The van der Waals surface area contributed by atoms with E-state index in [1.165, 1.54) is 35.1 Å². The normalized spacial score (nSPS) is 18.5. The van der Waals surface area contributed by atoms with Crippen molar-refractivity contribution >= 4 is 29.1 Å². The number of anilines is 1. The van der Waals surface area contributed by atoms with Crippen LogP contribution in [0.4, 0.5) is 14.5 Å². The Kier molecular flexibility index (Phi) is 9.56. The van der Waals surface area contributed by atoms with Crippen LogP contribution >= 0.6 is 11.6 Å². The standard InChI is InChI=1S/C30H38ClF2N3O4/c1-34(2)27(37)25-8-7-23(19-26(25)31)35-13-9-20(10-14-35)17-21-11-15-36(16-12-21)29(38)30(39,28(32)33)22-5-4-6-24(18-22)40-3/h4-8,18-21,28,39H,9-17H2,1-3H3. The van der Waals surface area contributed by atoms with E-state index in [1.54, 1.807) is 26.2 Å². The first-order valence-electron chi connectivity index (χ1n) is 13.7. The van der Waals surface area contributed by atoms with Gasteiger partial charge in [-0.15, -0.1) is 0 Å². The van der Waals surface area contributed by atoms with Crippen molar-refractivity contribution in [2.75, 3.05) is 52.3 Å². The number of carbonyl (C=O) groups is 2. The molecule has 10 heteroatoms. The molecule has 0 spiro atoms. The van der Waals surface area contributed by atoms with Crippen LogP contribution in [0.25, 0.3) is 0 Å². The van der Waals surface area contributed by atoms with Crippen molar-refractivity contribution in [1.29, 1.82) is 0 Å². The highest BCUT2D eigenvalue weighted by atomic mass is 35.5. The maximum absolute atomic E-state index is 14.1. The highest BCUT2D eigenvalue weighted by Crippen LogP contribution is 2.36. The summed E-state index contributed by atoms with van der Waals surface area (Å²) in [5, 5.41) is 11.4. The fraction of sp³-hybridized carbons (Fsp3) is 0.533. The Morgan fingerprint density at radius 1 is 1.05 bits per heavy atom. The molecular formula is C30H38ClF2N3O4. The van der Waals surface area contributed by atoms with Crippen LogP contribution in [0.3, 0.4) is 0 Å². The van der Waals surface area contributed by atoms with Gasteiger partial charge in [0.05, 0.1) is 17.7 Å². The minimum atomic E-state index is -3.27. The van der Waals surface area contributed by atoms with Gasteiger partial charge in [-0.2, -0.15) is 0 Å². The molecule has 2 heterocycles. The summed E-state index contributed by atoms with van der Waals surface area (Å²) in [5.74, 6) is 0.168. The van der Waals surface area contributed by atoms with Gasteiger partial charge in [0.25, 0.3) is 18.2 Å². The molecule has 218 valence electrons. The number of rotatable bonds is 8. The van der Waals surface area contributed by atoms with Gasteiger partial charge in [-0.1, -0.05) is 23.7 Å². The summed E-state index contributed by atoms with van der Waals surface area (Å²) >= 11 is 6.41. The van der Waals surface area contributed by atoms with Gasteiger partial charge in [0.15, 0.2) is 0 Å². The summed E-state index contributed by atoms with van der Waals surface area (Å²) in [4.78, 5) is 30.6. The molecule has 0 aromatic heterocycles. The van der Waals surface area contributed by atoms with Crippen LogP contribution in [0.5, 0.6) is 5.75 Å². The molecule has 1 N–H and O–H groups in total. The fourth-order valence-corrected chi connectivity index (χ4v) is 6.08. The Morgan fingerprint density at radius 2 is 1.68 bits per heavy atom. The van der Waals surface area contributed by atoms with Crippen LogP contribution in [0.1, 0.15) is 48.0 Å². The van der Waals surface area contributed by atoms with Crippen molar-refractivity contribution in [3.8, 4) is 5.75 Å². The Morgan fingerprint density at radius 3 is 2.23 bits per heavy atom. The lowest BCUT2D eigenvalue weighted by molar-refractivity contribution is -0.173. The number of methoxy groups -OCH3 is 1. The molecule has 40 heavy (non-hydrogen) atoms. The third-order valence-corrected chi connectivity index (χ3v) is 8.60. The SMILES string of the molecule is COc1cccc(C(O)(C(=O)N2CCC(CC3CCN(c4ccc(C(=O)N(C)C)c(Cl)c4)CC3)CC2)C(F)F)c1. The first-order valence-corrected chi connectivity index (χ1v) is 14.1. The van der Waals surface area contributed by atoms with E-state index >= 15 is 0 Å². The Hall–Kier alpha value is -2.91. The maximum Gasteiger partial charge on any atom is 0.280 e. The van der Waals surface area contributed by atoms with Gasteiger partial charge in [0.2, 0.25) is 5.60 Å². The lowest BCUT2D eigenvalue weighted by Gasteiger charge is -2.39. The highest BCUT2D eigenvalue weighted by Gasteiger charge is 2.50. The topological polar surface area (TPSA) is 73.3 Å². The summed E-state index contributed by atoms with van der Waals surface area (Å²) in [6.45, 7) is 2.47. The van der Waals surface area contributed by atoms with Crippen molar-refractivity contribution in [2.45, 2.75) is 44.1 Å². The first-order chi connectivity index (χ1) is 19.0. The van der Waals surface area contributed by atoms with Crippen LogP contribution in [-0.4, -0.2) is 80.5 Å².